The fraction of sp³-hybridized carbons (Fsp3) is 0.133. The van der Waals surface area contributed by atoms with Crippen molar-refractivity contribution in [3.63, 3.8) is 0 Å². The van der Waals surface area contributed by atoms with Gasteiger partial charge in [0.25, 0.3) is 0 Å². The number of benzene rings is 1. The van der Waals surface area contributed by atoms with Gasteiger partial charge in [-0.3, -0.25) is 4.79 Å². The summed E-state index contributed by atoms with van der Waals surface area (Å²) in [6.45, 7) is 0. The SMILES string of the molecule is N#Cc1cccc(NC(=O)CCSc2ncccc2Cl)c1. The highest BCUT2D eigenvalue weighted by atomic mass is 35.5. The van der Waals surface area contributed by atoms with E-state index in [4.69, 9.17) is 16.9 Å². The van der Waals surface area contributed by atoms with Crippen LogP contribution in [0, 0.1) is 11.3 Å². The third kappa shape index (κ3) is 4.78. The molecule has 0 atom stereocenters. The number of pyridine rings is 1. The Labute approximate surface area is 132 Å². The zero-order valence-corrected chi connectivity index (χ0v) is 12.6. The molecule has 1 N–H and O–H groups in total. The molecule has 0 saturated carbocycles. The van der Waals surface area contributed by atoms with Gasteiger partial charge in [-0.25, -0.2) is 4.98 Å². The van der Waals surface area contributed by atoms with Crippen molar-refractivity contribution in [3.05, 3.63) is 53.2 Å². The molecule has 0 aliphatic carbocycles. The van der Waals surface area contributed by atoms with Crippen LogP contribution in [0.3, 0.4) is 0 Å². The largest absolute Gasteiger partial charge is 0.326 e. The molecular weight excluding hydrogens is 306 g/mol. The number of rotatable bonds is 5. The second-order valence-corrected chi connectivity index (χ2v) is 5.62. The van der Waals surface area contributed by atoms with E-state index in [9.17, 15) is 4.79 Å². The summed E-state index contributed by atoms with van der Waals surface area (Å²) in [5.74, 6) is 0.477. The molecule has 0 aliphatic heterocycles. The van der Waals surface area contributed by atoms with Gasteiger partial charge in [-0.15, -0.1) is 11.8 Å². The van der Waals surface area contributed by atoms with E-state index in [0.29, 0.717) is 28.4 Å². The number of carbonyl (C=O) groups excluding carboxylic acids is 1. The van der Waals surface area contributed by atoms with E-state index in [1.165, 1.54) is 11.8 Å². The highest BCUT2D eigenvalue weighted by molar-refractivity contribution is 7.99. The number of aromatic nitrogens is 1. The van der Waals surface area contributed by atoms with Gasteiger partial charge in [0, 0.05) is 24.1 Å². The third-order valence-corrected chi connectivity index (χ3v) is 3.99. The molecule has 0 radical (unpaired) electrons. The van der Waals surface area contributed by atoms with E-state index in [2.05, 4.69) is 10.3 Å². The quantitative estimate of drug-likeness (QED) is 0.853. The summed E-state index contributed by atoms with van der Waals surface area (Å²) in [7, 11) is 0. The average Bonchev–Trinajstić information content (AvgIpc) is 2.49. The Hall–Kier alpha value is -2.03. The van der Waals surface area contributed by atoms with Gasteiger partial charge in [0.05, 0.1) is 16.7 Å². The topological polar surface area (TPSA) is 65.8 Å². The molecule has 4 nitrogen and oxygen atoms in total. The van der Waals surface area contributed by atoms with Crippen molar-refractivity contribution < 1.29 is 4.79 Å². The second kappa shape index (κ2) is 7.67. The van der Waals surface area contributed by atoms with Crippen molar-refractivity contribution in [2.24, 2.45) is 0 Å². The molecule has 1 aromatic carbocycles. The standard InChI is InChI=1S/C15H12ClN3OS/c16-13-5-2-7-18-15(13)21-8-6-14(20)19-12-4-1-3-11(9-12)10-17/h1-5,7,9H,6,8H2,(H,19,20). The van der Waals surface area contributed by atoms with Crippen LogP contribution in [0.25, 0.3) is 0 Å². The lowest BCUT2D eigenvalue weighted by Gasteiger charge is -2.05. The van der Waals surface area contributed by atoms with Crippen molar-refractivity contribution in [1.82, 2.24) is 4.98 Å². The van der Waals surface area contributed by atoms with E-state index < -0.39 is 0 Å². The van der Waals surface area contributed by atoms with Crippen molar-refractivity contribution in [2.75, 3.05) is 11.1 Å². The van der Waals surface area contributed by atoms with Crippen LogP contribution in [0.5, 0.6) is 0 Å². The van der Waals surface area contributed by atoms with E-state index in [1.807, 2.05) is 6.07 Å². The minimum absolute atomic E-state index is 0.107. The molecule has 0 unspecified atom stereocenters. The summed E-state index contributed by atoms with van der Waals surface area (Å²) < 4.78 is 0. The number of thioether (sulfide) groups is 1. The summed E-state index contributed by atoms with van der Waals surface area (Å²) in [5, 5.41) is 12.9. The number of amides is 1. The van der Waals surface area contributed by atoms with Gasteiger partial charge in [0.1, 0.15) is 5.03 Å². The molecule has 0 fully saturated rings. The summed E-state index contributed by atoms with van der Waals surface area (Å²) in [4.78, 5) is 16.0. The predicted octanol–water partition coefficient (Wildman–Crippen LogP) is 3.73. The molecule has 0 saturated heterocycles. The Morgan fingerprint density at radius 1 is 1.38 bits per heavy atom. The summed E-state index contributed by atoms with van der Waals surface area (Å²) in [6.07, 6.45) is 2.01. The number of hydrogen-bond acceptors (Lipinski definition) is 4. The maximum atomic E-state index is 11.8. The zero-order valence-electron chi connectivity index (χ0n) is 11.0. The monoisotopic (exact) mass is 317 g/mol. The summed E-state index contributed by atoms with van der Waals surface area (Å²) >= 11 is 7.43. The zero-order chi connectivity index (χ0) is 15.1. The van der Waals surface area contributed by atoms with Gasteiger partial charge in [-0.1, -0.05) is 17.7 Å². The molecular formula is C15H12ClN3OS. The van der Waals surface area contributed by atoms with Crippen molar-refractivity contribution in [2.45, 2.75) is 11.4 Å². The van der Waals surface area contributed by atoms with Crippen LogP contribution in [0.2, 0.25) is 5.02 Å². The number of halogens is 1. The van der Waals surface area contributed by atoms with E-state index >= 15 is 0 Å². The third-order valence-electron chi connectivity index (χ3n) is 2.57. The highest BCUT2D eigenvalue weighted by Gasteiger charge is 2.06. The smallest absolute Gasteiger partial charge is 0.225 e. The highest BCUT2D eigenvalue weighted by Crippen LogP contribution is 2.24. The molecule has 2 rings (SSSR count). The first kappa shape index (κ1) is 15.4. The number of hydrogen-bond donors (Lipinski definition) is 1. The number of nitriles is 1. The number of carbonyl (C=O) groups is 1. The van der Waals surface area contributed by atoms with E-state index in [0.717, 1.165) is 5.03 Å². The van der Waals surface area contributed by atoms with Gasteiger partial charge < -0.3 is 5.32 Å². The van der Waals surface area contributed by atoms with Crippen LogP contribution in [-0.4, -0.2) is 16.6 Å². The van der Waals surface area contributed by atoms with Gasteiger partial charge >= 0.3 is 0 Å². The van der Waals surface area contributed by atoms with Gasteiger partial charge in [-0.05, 0) is 30.3 Å². The Bertz CT molecular complexity index is 685. The van der Waals surface area contributed by atoms with Crippen LogP contribution in [0.1, 0.15) is 12.0 Å². The number of nitrogens with one attached hydrogen (secondary N) is 1. The lowest BCUT2D eigenvalue weighted by atomic mass is 10.2. The molecule has 6 heteroatoms. The van der Waals surface area contributed by atoms with Crippen LogP contribution >= 0.6 is 23.4 Å². The predicted molar refractivity (Wildman–Crippen MR) is 84.4 cm³/mol. The molecule has 106 valence electrons. The van der Waals surface area contributed by atoms with Crippen LogP contribution in [0.15, 0.2) is 47.6 Å². The Morgan fingerprint density at radius 2 is 2.24 bits per heavy atom. The molecule has 0 spiro atoms. The number of anilines is 1. The molecule has 0 bridgehead atoms. The van der Waals surface area contributed by atoms with Crippen LogP contribution < -0.4 is 5.32 Å². The van der Waals surface area contributed by atoms with Crippen molar-refractivity contribution >= 4 is 35.0 Å². The summed E-state index contributed by atoms with van der Waals surface area (Å²) in [5.41, 5.74) is 1.14. The second-order valence-electron chi connectivity index (χ2n) is 4.13. The van der Waals surface area contributed by atoms with Gasteiger partial charge in [0.15, 0.2) is 0 Å². The molecule has 21 heavy (non-hydrogen) atoms. The maximum absolute atomic E-state index is 11.8. The minimum Gasteiger partial charge on any atom is -0.326 e. The molecule has 2 aromatic rings. The molecule has 0 aliphatic rings. The Kier molecular flexibility index (Phi) is 5.61. The van der Waals surface area contributed by atoms with E-state index in [-0.39, 0.29) is 5.91 Å². The Balaban J connectivity index is 1.83. The first-order valence-electron chi connectivity index (χ1n) is 6.22. The lowest BCUT2D eigenvalue weighted by Crippen LogP contribution is -2.12. The molecule has 1 amide bonds. The Morgan fingerprint density at radius 3 is 3.00 bits per heavy atom. The van der Waals surface area contributed by atoms with Gasteiger partial charge in [0.2, 0.25) is 5.91 Å². The van der Waals surface area contributed by atoms with Gasteiger partial charge in [-0.2, -0.15) is 5.26 Å². The van der Waals surface area contributed by atoms with Crippen LogP contribution in [-0.2, 0) is 4.79 Å². The molecule has 1 aromatic heterocycles. The minimum atomic E-state index is -0.107. The first-order chi connectivity index (χ1) is 10.2. The van der Waals surface area contributed by atoms with Crippen molar-refractivity contribution in [1.29, 1.82) is 5.26 Å². The van der Waals surface area contributed by atoms with Crippen molar-refractivity contribution in [3.8, 4) is 6.07 Å². The summed E-state index contributed by atoms with van der Waals surface area (Å²) in [6, 6.07) is 12.4. The fourth-order valence-electron chi connectivity index (χ4n) is 1.61. The average molecular weight is 318 g/mol. The number of nitrogens with zero attached hydrogens (tertiary/aromatic N) is 2. The fourth-order valence-corrected chi connectivity index (χ4v) is 2.72. The molecule has 1 heterocycles. The van der Waals surface area contributed by atoms with Crippen LogP contribution in [0.4, 0.5) is 5.69 Å². The normalized spacial score (nSPS) is 9.90. The lowest BCUT2D eigenvalue weighted by molar-refractivity contribution is -0.115. The maximum Gasteiger partial charge on any atom is 0.225 e. The van der Waals surface area contributed by atoms with E-state index in [1.54, 1.807) is 42.6 Å². The first-order valence-corrected chi connectivity index (χ1v) is 7.59.